The molecule has 2 heteroatoms. The number of carbonyl (C=O) groups is 1. The average Bonchev–Trinajstić information content (AvgIpc) is 2.93. The Labute approximate surface area is 79.3 Å². The Balaban J connectivity index is 1.85. The van der Waals surface area contributed by atoms with Crippen LogP contribution in [0, 0.1) is 0 Å². The maximum atomic E-state index is 9.90. The van der Waals surface area contributed by atoms with Crippen LogP contribution in [-0.2, 0) is 9.53 Å². The third kappa shape index (κ3) is 6.29. The van der Waals surface area contributed by atoms with Gasteiger partial charge in [-0.05, 0) is 31.8 Å². The van der Waals surface area contributed by atoms with Crippen molar-refractivity contribution < 1.29 is 9.53 Å². The zero-order valence-electron chi connectivity index (χ0n) is 7.82. The zero-order valence-corrected chi connectivity index (χ0v) is 7.82. The van der Waals surface area contributed by atoms with E-state index in [1.807, 2.05) is 6.08 Å². The van der Waals surface area contributed by atoms with Gasteiger partial charge in [0.05, 0.1) is 12.7 Å². The Morgan fingerprint density at radius 1 is 1.15 bits per heavy atom. The molecule has 72 valence electrons. The van der Waals surface area contributed by atoms with E-state index in [0.29, 0.717) is 6.10 Å². The molecule has 13 heavy (non-hydrogen) atoms. The SMILES string of the molecule is O=C/C=C/CC/C=C/CC[C@H]1CO1. The van der Waals surface area contributed by atoms with Crippen molar-refractivity contribution in [2.75, 3.05) is 6.61 Å². The number of aldehydes is 1. The van der Waals surface area contributed by atoms with Gasteiger partial charge >= 0.3 is 0 Å². The minimum atomic E-state index is 0.541. The quantitative estimate of drug-likeness (QED) is 0.198. The number of hydrogen-bond acceptors (Lipinski definition) is 2. The number of allylic oxidation sites excluding steroid dienone is 4. The maximum Gasteiger partial charge on any atom is 0.142 e. The molecule has 0 aromatic carbocycles. The van der Waals surface area contributed by atoms with Gasteiger partial charge in [0.2, 0.25) is 0 Å². The van der Waals surface area contributed by atoms with Crippen LogP contribution in [0.3, 0.4) is 0 Å². The van der Waals surface area contributed by atoms with E-state index in [4.69, 9.17) is 4.74 Å². The summed E-state index contributed by atoms with van der Waals surface area (Å²) in [7, 11) is 0. The molecular formula is C11H16O2. The summed E-state index contributed by atoms with van der Waals surface area (Å²) in [6, 6.07) is 0. The third-order valence-electron chi connectivity index (χ3n) is 1.94. The lowest BCUT2D eigenvalue weighted by Gasteiger charge is -1.88. The van der Waals surface area contributed by atoms with Gasteiger partial charge in [-0.1, -0.05) is 18.2 Å². The van der Waals surface area contributed by atoms with Crippen LogP contribution in [0.2, 0.25) is 0 Å². The lowest BCUT2D eigenvalue weighted by molar-refractivity contribution is -0.104. The fraction of sp³-hybridized carbons (Fsp3) is 0.545. The maximum absolute atomic E-state index is 9.90. The van der Waals surface area contributed by atoms with Gasteiger partial charge in [0, 0.05) is 0 Å². The highest BCUT2D eigenvalue weighted by Crippen LogP contribution is 2.15. The van der Waals surface area contributed by atoms with Gasteiger partial charge in [0.25, 0.3) is 0 Å². The Bertz CT molecular complexity index is 190. The van der Waals surface area contributed by atoms with Crippen molar-refractivity contribution >= 4 is 6.29 Å². The van der Waals surface area contributed by atoms with Crippen molar-refractivity contribution in [3.63, 3.8) is 0 Å². The number of ether oxygens (including phenoxy) is 1. The molecule has 0 N–H and O–H groups in total. The zero-order chi connectivity index (χ0) is 9.36. The van der Waals surface area contributed by atoms with E-state index in [9.17, 15) is 4.79 Å². The van der Waals surface area contributed by atoms with E-state index in [1.54, 1.807) is 6.08 Å². The Morgan fingerprint density at radius 2 is 1.85 bits per heavy atom. The molecule has 0 unspecified atom stereocenters. The van der Waals surface area contributed by atoms with Crippen LogP contribution in [0.1, 0.15) is 25.7 Å². The molecule has 0 saturated carbocycles. The molecule has 1 saturated heterocycles. The molecule has 1 fully saturated rings. The molecule has 1 heterocycles. The summed E-state index contributed by atoms with van der Waals surface area (Å²) in [5.41, 5.74) is 0. The van der Waals surface area contributed by atoms with E-state index in [-0.39, 0.29) is 0 Å². The molecule has 0 spiro atoms. The van der Waals surface area contributed by atoms with E-state index >= 15 is 0 Å². The van der Waals surface area contributed by atoms with E-state index in [1.165, 1.54) is 0 Å². The molecule has 0 aromatic rings. The second kappa shape index (κ2) is 6.61. The van der Waals surface area contributed by atoms with Crippen LogP contribution in [0.25, 0.3) is 0 Å². The summed E-state index contributed by atoms with van der Waals surface area (Å²) in [6.45, 7) is 0.954. The van der Waals surface area contributed by atoms with Gasteiger partial charge in [0.1, 0.15) is 6.29 Å². The molecule has 1 aliphatic heterocycles. The summed E-state index contributed by atoms with van der Waals surface area (Å²) in [5, 5.41) is 0. The molecular weight excluding hydrogens is 164 g/mol. The van der Waals surface area contributed by atoms with Crippen LogP contribution < -0.4 is 0 Å². The molecule has 1 atom stereocenters. The van der Waals surface area contributed by atoms with E-state index < -0.39 is 0 Å². The average molecular weight is 180 g/mol. The predicted molar refractivity (Wildman–Crippen MR) is 52.6 cm³/mol. The first-order valence-corrected chi connectivity index (χ1v) is 4.80. The standard InChI is InChI=1S/C11H16O2/c12-9-7-5-3-1-2-4-6-8-11-10-13-11/h2,4-5,7,9,11H,1,3,6,8,10H2/b4-2+,7-5+/t11-/m0/s1. The number of rotatable bonds is 7. The lowest BCUT2D eigenvalue weighted by Crippen LogP contribution is -1.81. The second-order valence-electron chi connectivity index (χ2n) is 3.15. The minimum Gasteiger partial charge on any atom is -0.373 e. The topological polar surface area (TPSA) is 29.6 Å². The fourth-order valence-electron chi connectivity index (χ4n) is 1.10. The molecule has 2 nitrogen and oxygen atoms in total. The van der Waals surface area contributed by atoms with Gasteiger partial charge < -0.3 is 4.74 Å². The molecule has 0 aromatic heterocycles. The number of unbranched alkanes of at least 4 members (excludes halogenated alkanes) is 1. The predicted octanol–water partition coefficient (Wildman–Crippen LogP) is 2.26. The van der Waals surface area contributed by atoms with Crippen LogP contribution >= 0.6 is 0 Å². The summed E-state index contributed by atoms with van der Waals surface area (Å²) < 4.78 is 5.08. The van der Waals surface area contributed by atoms with Crippen LogP contribution in [0.4, 0.5) is 0 Å². The van der Waals surface area contributed by atoms with Crippen LogP contribution in [0.15, 0.2) is 24.3 Å². The minimum absolute atomic E-state index is 0.541. The van der Waals surface area contributed by atoms with Gasteiger partial charge in [-0.2, -0.15) is 0 Å². The Hall–Kier alpha value is -0.890. The Morgan fingerprint density at radius 3 is 2.54 bits per heavy atom. The molecule has 0 radical (unpaired) electrons. The first-order valence-electron chi connectivity index (χ1n) is 4.80. The lowest BCUT2D eigenvalue weighted by atomic mass is 10.2. The van der Waals surface area contributed by atoms with Gasteiger partial charge in [0.15, 0.2) is 0 Å². The van der Waals surface area contributed by atoms with Crippen LogP contribution in [0.5, 0.6) is 0 Å². The fourth-order valence-corrected chi connectivity index (χ4v) is 1.10. The summed E-state index contributed by atoms with van der Waals surface area (Å²) in [4.78, 5) is 9.90. The summed E-state index contributed by atoms with van der Waals surface area (Å²) >= 11 is 0. The molecule has 0 bridgehead atoms. The monoisotopic (exact) mass is 180 g/mol. The molecule has 1 aliphatic rings. The van der Waals surface area contributed by atoms with Gasteiger partial charge in [-0.25, -0.2) is 0 Å². The first-order chi connectivity index (χ1) is 6.43. The number of epoxide rings is 1. The van der Waals surface area contributed by atoms with Crippen molar-refractivity contribution in [2.24, 2.45) is 0 Å². The highest BCUT2D eigenvalue weighted by molar-refractivity contribution is 5.64. The molecule has 0 amide bonds. The summed E-state index contributed by atoms with van der Waals surface area (Å²) in [6.07, 6.45) is 13.4. The van der Waals surface area contributed by atoms with Gasteiger partial charge in [-0.3, -0.25) is 4.79 Å². The smallest absolute Gasteiger partial charge is 0.142 e. The normalized spacial score (nSPS) is 21.4. The van der Waals surface area contributed by atoms with Crippen molar-refractivity contribution in [3.05, 3.63) is 24.3 Å². The van der Waals surface area contributed by atoms with Crippen molar-refractivity contribution in [1.82, 2.24) is 0 Å². The highest BCUT2D eigenvalue weighted by Gasteiger charge is 2.20. The Kier molecular flexibility index (Phi) is 5.18. The largest absolute Gasteiger partial charge is 0.373 e. The second-order valence-corrected chi connectivity index (χ2v) is 3.15. The first kappa shape index (κ1) is 10.2. The number of carbonyl (C=O) groups excluding carboxylic acids is 1. The molecule has 1 rings (SSSR count). The number of hydrogen-bond donors (Lipinski definition) is 0. The van der Waals surface area contributed by atoms with Crippen molar-refractivity contribution in [3.8, 4) is 0 Å². The molecule has 0 aliphatic carbocycles. The van der Waals surface area contributed by atoms with E-state index in [0.717, 1.165) is 38.6 Å². The van der Waals surface area contributed by atoms with E-state index in [2.05, 4.69) is 12.2 Å². The highest BCUT2D eigenvalue weighted by atomic mass is 16.6. The summed E-state index contributed by atoms with van der Waals surface area (Å²) in [5.74, 6) is 0. The van der Waals surface area contributed by atoms with Crippen LogP contribution in [-0.4, -0.2) is 19.0 Å². The third-order valence-corrected chi connectivity index (χ3v) is 1.94. The van der Waals surface area contributed by atoms with Crippen molar-refractivity contribution in [1.29, 1.82) is 0 Å². The van der Waals surface area contributed by atoms with Crippen molar-refractivity contribution in [2.45, 2.75) is 31.8 Å². The van der Waals surface area contributed by atoms with Gasteiger partial charge in [-0.15, -0.1) is 0 Å².